The molecule has 0 aromatic heterocycles. The molecule has 0 aliphatic heterocycles. The van der Waals surface area contributed by atoms with E-state index in [-0.39, 0.29) is 35.3 Å². The predicted molar refractivity (Wildman–Crippen MR) is 122 cm³/mol. The minimum atomic E-state index is -0.459. The lowest BCUT2D eigenvalue weighted by Crippen LogP contribution is -2.26. The van der Waals surface area contributed by atoms with Crippen LogP contribution in [0, 0.1) is 10.1 Å². The first-order valence-corrected chi connectivity index (χ1v) is 11.1. The van der Waals surface area contributed by atoms with Crippen LogP contribution < -0.4 is 20.1 Å². The fraction of sp³-hybridized carbons (Fsp3) is 0.458. The van der Waals surface area contributed by atoms with Gasteiger partial charge in [0, 0.05) is 17.7 Å². The van der Waals surface area contributed by atoms with Gasteiger partial charge in [-0.15, -0.1) is 0 Å². The number of nitro benzene ring substituents is 1. The number of anilines is 1. The molecule has 2 aromatic rings. The molecular weight excluding hydrogens is 410 g/mol. The quantitative estimate of drug-likeness (QED) is 0.421. The molecule has 0 saturated heterocycles. The molecule has 2 aliphatic rings. The summed E-state index contributed by atoms with van der Waals surface area (Å²) < 4.78 is 11.6. The Kier molecular flexibility index (Phi) is 6.48. The molecule has 170 valence electrons. The topological polar surface area (TPSA) is 103 Å². The summed E-state index contributed by atoms with van der Waals surface area (Å²) in [5, 5.41) is 17.5. The highest BCUT2D eigenvalue weighted by molar-refractivity contribution is 5.96. The molecule has 4 rings (SSSR count). The number of ether oxygens (including phenoxy) is 2. The number of nitro groups is 1. The molecule has 1 unspecified atom stereocenters. The van der Waals surface area contributed by atoms with Crippen molar-refractivity contribution in [3.05, 3.63) is 57.6 Å². The number of rotatable bonds is 9. The van der Waals surface area contributed by atoms with E-state index in [1.54, 1.807) is 19.2 Å². The number of hydrogen-bond acceptors (Lipinski definition) is 6. The van der Waals surface area contributed by atoms with Crippen LogP contribution in [0.25, 0.3) is 0 Å². The van der Waals surface area contributed by atoms with Gasteiger partial charge in [-0.25, -0.2) is 0 Å². The molecule has 2 fully saturated rings. The van der Waals surface area contributed by atoms with Gasteiger partial charge in [0.1, 0.15) is 5.69 Å². The Morgan fingerprint density at radius 2 is 1.84 bits per heavy atom. The van der Waals surface area contributed by atoms with Gasteiger partial charge in [-0.2, -0.15) is 0 Å². The molecule has 2 aliphatic carbocycles. The molecular formula is C24H29N3O5. The van der Waals surface area contributed by atoms with Crippen LogP contribution in [0.1, 0.15) is 67.4 Å². The average Bonchev–Trinajstić information content (AvgIpc) is 3.45. The van der Waals surface area contributed by atoms with Crippen LogP contribution in [0.3, 0.4) is 0 Å². The number of benzene rings is 2. The Morgan fingerprint density at radius 1 is 1.09 bits per heavy atom. The van der Waals surface area contributed by atoms with Gasteiger partial charge in [-0.1, -0.05) is 6.07 Å². The van der Waals surface area contributed by atoms with Crippen molar-refractivity contribution in [2.24, 2.45) is 0 Å². The number of nitrogens with one attached hydrogen (secondary N) is 2. The van der Waals surface area contributed by atoms with Crippen LogP contribution in [0.4, 0.5) is 11.4 Å². The Morgan fingerprint density at radius 3 is 2.50 bits per heavy atom. The van der Waals surface area contributed by atoms with Gasteiger partial charge in [-0.3, -0.25) is 14.9 Å². The van der Waals surface area contributed by atoms with Gasteiger partial charge in [0.25, 0.3) is 11.6 Å². The van der Waals surface area contributed by atoms with Crippen molar-refractivity contribution in [1.29, 1.82) is 0 Å². The van der Waals surface area contributed by atoms with E-state index >= 15 is 0 Å². The molecule has 32 heavy (non-hydrogen) atoms. The fourth-order valence-electron chi connectivity index (χ4n) is 3.99. The smallest absolute Gasteiger partial charge is 0.293 e. The van der Waals surface area contributed by atoms with E-state index in [0.717, 1.165) is 31.2 Å². The van der Waals surface area contributed by atoms with E-state index in [9.17, 15) is 14.9 Å². The Hall–Kier alpha value is -3.29. The minimum Gasteiger partial charge on any atom is -0.493 e. The number of carbonyl (C=O) groups excluding carboxylic acids is 1. The van der Waals surface area contributed by atoms with Crippen LogP contribution in [0.5, 0.6) is 11.5 Å². The average molecular weight is 440 g/mol. The number of hydrogen-bond donors (Lipinski definition) is 2. The largest absolute Gasteiger partial charge is 0.493 e. The zero-order valence-electron chi connectivity index (χ0n) is 18.4. The van der Waals surface area contributed by atoms with Gasteiger partial charge in [-0.05, 0) is 75.3 Å². The first-order valence-electron chi connectivity index (χ1n) is 11.1. The summed E-state index contributed by atoms with van der Waals surface area (Å²) >= 11 is 0. The molecule has 8 nitrogen and oxygen atoms in total. The SMILES string of the molecule is COc1cc(C(C)NC(=O)c2ccc(NC3CC3)c([N+](=O)[O-])c2)ccc1OC1CCCC1. The van der Waals surface area contributed by atoms with E-state index in [0.29, 0.717) is 17.2 Å². The molecule has 2 saturated carbocycles. The van der Waals surface area contributed by atoms with Gasteiger partial charge < -0.3 is 20.1 Å². The third-order valence-electron chi connectivity index (χ3n) is 6.02. The van der Waals surface area contributed by atoms with Crippen LogP contribution in [0.2, 0.25) is 0 Å². The predicted octanol–water partition coefficient (Wildman–Crippen LogP) is 4.99. The first-order chi connectivity index (χ1) is 15.4. The molecule has 0 radical (unpaired) electrons. The number of methoxy groups -OCH3 is 1. The van der Waals surface area contributed by atoms with Crippen molar-refractivity contribution in [1.82, 2.24) is 5.32 Å². The summed E-state index contributed by atoms with van der Waals surface area (Å²) in [5.74, 6) is 0.960. The molecule has 1 atom stereocenters. The van der Waals surface area contributed by atoms with Crippen molar-refractivity contribution in [2.75, 3.05) is 12.4 Å². The fourth-order valence-corrected chi connectivity index (χ4v) is 3.99. The zero-order valence-corrected chi connectivity index (χ0v) is 18.4. The number of nitrogens with zero attached hydrogens (tertiary/aromatic N) is 1. The van der Waals surface area contributed by atoms with Crippen LogP contribution >= 0.6 is 0 Å². The van der Waals surface area contributed by atoms with Crippen LogP contribution in [0.15, 0.2) is 36.4 Å². The second-order valence-corrected chi connectivity index (χ2v) is 8.54. The van der Waals surface area contributed by atoms with Crippen molar-refractivity contribution in [3.8, 4) is 11.5 Å². The normalized spacial score (nSPS) is 16.9. The molecule has 2 N–H and O–H groups in total. The van der Waals surface area contributed by atoms with Gasteiger partial charge in [0.2, 0.25) is 0 Å². The lowest BCUT2D eigenvalue weighted by Gasteiger charge is -2.19. The summed E-state index contributed by atoms with van der Waals surface area (Å²) in [6.07, 6.45) is 6.71. The Bertz CT molecular complexity index is 999. The lowest BCUT2D eigenvalue weighted by atomic mass is 10.1. The monoisotopic (exact) mass is 439 g/mol. The van der Waals surface area contributed by atoms with Crippen molar-refractivity contribution < 1.29 is 19.2 Å². The Labute approximate surface area is 187 Å². The second kappa shape index (κ2) is 9.46. The van der Waals surface area contributed by atoms with E-state index in [2.05, 4.69) is 10.6 Å². The number of amides is 1. The van der Waals surface area contributed by atoms with Crippen molar-refractivity contribution >= 4 is 17.3 Å². The van der Waals surface area contributed by atoms with E-state index in [1.165, 1.54) is 18.9 Å². The molecule has 0 spiro atoms. The Balaban J connectivity index is 1.45. The summed E-state index contributed by atoms with van der Waals surface area (Å²) in [6.45, 7) is 1.86. The van der Waals surface area contributed by atoms with Gasteiger partial charge in [0.15, 0.2) is 11.5 Å². The number of carbonyl (C=O) groups is 1. The standard InChI is InChI=1S/C24H29N3O5/c1-15(16-8-12-22(23(14-16)31-2)32-19-5-3-4-6-19)25-24(28)17-7-11-20(26-18-9-10-18)21(13-17)27(29)30/h7-8,11-15,18-19,26H,3-6,9-10H2,1-2H3,(H,25,28). The molecule has 2 aromatic carbocycles. The van der Waals surface area contributed by atoms with Gasteiger partial charge in [0.05, 0.1) is 24.2 Å². The van der Waals surface area contributed by atoms with E-state index in [1.807, 2.05) is 25.1 Å². The zero-order chi connectivity index (χ0) is 22.7. The van der Waals surface area contributed by atoms with Crippen LogP contribution in [-0.2, 0) is 0 Å². The maximum Gasteiger partial charge on any atom is 0.293 e. The maximum atomic E-state index is 12.8. The first kappa shape index (κ1) is 21.9. The molecule has 8 heteroatoms. The summed E-state index contributed by atoms with van der Waals surface area (Å²) in [7, 11) is 1.60. The van der Waals surface area contributed by atoms with Gasteiger partial charge >= 0.3 is 0 Å². The second-order valence-electron chi connectivity index (χ2n) is 8.54. The summed E-state index contributed by atoms with van der Waals surface area (Å²) in [5.41, 5.74) is 1.46. The van der Waals surface area contributed by atoms with Crippen molar-refractivity contribution in [2.45, 2.75) is 63.6 Å². The lowest BCUT2D eigenvalue weighted by molar-refractivity contribution is -0.384. The molecule has 1 amide bonds. The van der Waals surface area contributed by atoms with E-state index in [4.69, 9.17) is 9.47 Å². The van der Waals surface area contributed by atoms with E-state index < -0.39 is 4.92 Å². The summed E-state index contributed by atoms with van der Waals surface area (Å²) in [4.78, 5) is 23.8. The maximum absolute atomic E-state index is 12.8. The highest BCUT2D eigenvalue weighted by Gasteiger charge is 2.26. The summed E-state index contributed by atoms with van der Waals surface area (Å²) in [6, 6.07) is 10.1. The molecule has 0 heterocycles. The highest BCUT2D eigenvalue weighted by Crippen LogP contribution is 2.34. The highest BCUT2D eigenvalue weighted by atomic mass is 16.6. The third-order valence-corrected chi connectivity index (χ3v) is 6.02. The minimum absolute atomic E-state index is 0.0905. The van der Waals surface area contributed by atoms with Crippen LogP contribution in [-0.4, -0.2) is 30.1 Å². The third kappa shape index (κ3) is 5.12. The van der Waals surface area contributed by atoms with Crippen molar-refractivity contribution in [3.63, 3.8) is 0 Å². The molecule has 0 bridgehead atoms.